The fourth-order valence-electron chi connectivity index (χ4n) is 3.56. The summed E-state index contributed by atoms with van der Waals surface area (Å²) in [7, 11) is -2.72. The minimum absolute atomic E-state index is 0.0353. The third-order valence-electron chi connectivity index (χ3n) is 5.13. The number of fused-ring (bicyclic) bond motifs is 1. The van der Waals surface area contributed by atoms with Crippen LogP contribution in [-0.4, -0.2) is 57.6 Å². The second-order valence-corrected chi connectivity index (χ2v) is 9.52. The summed E-state index contributed by atoms with van der Waals surface area (Å²) in [4.78, 5) is 21.5. The number of methoxy groups -OCH3 is 1. The van der Waals surface area contributed by atoms with Gasteiger partial charge in [-0.1, -0.05) is 29.5 Å². The number of ether oxygens (including phenoxy) is 2. The number of aliphatic imine (C=N–C) groups is 1. The molecule has 0 amide bonds. The van der Waals surface area contributed by atoms with E-state index in [1.807, 2.05) is 6.92 Å². The third-order valence-corrected chi connectivity index (χ3v) is 6.65. The quantitative estimate of drug-likeness (QED) is 0.328. The average Bonchev–Trinajstić information content (AvgIpc) is 3.27. The maximum Gasteiger partial charge on any atom is 0.280 e. The molecule has 1 aliphatic rings. The van der Waals surface area contributed by atoms with Gasteiger partial charge in [0.25, 0.3) is 10.0 Å². The lowest BCUT2D eigenvalue weighted by atomic mass is 10.2. The predicted molar refractivity (Wildman–Crippen MR) is 139 cm³/mol. The van der Waals surface area contributed by atoms with Crippen LogP contribution in [0.15, 0.2) is 70.2 Å². The molecule has 0 saturated carbocycles. The Balaban J connectivity index is 1.77. The number of anilines is 1. The van der Waals surface area contributed by atoms with E-state index in [0.29, 0.717) is 6.61 Å². The van der Waals surface area contributed by atoms with Crippen LogP contribution in [0, 0.1) is 0 Å². The lowest BCUT2D eigenvalue weighted by molar-refractivity contribution is 0.330. The van der Waals surface area contributed by atoms with Crippen molar-refractivity contribution < 1.29 is 23.0 Å². The molecule has 4 aromatic rings. The summed E-state index contributed by atoms with van der Waals surface area (Å²) < 4.78 is 40.5. The molecule has 3 aromatic heterocycles. The standard InChI is InChI=1S/C24H18ClN7O5S/c1-3-37-17-11-6-8-14(27-17)23-30-22-24(32(23)19-15(33)9-7-10-16(19)36-2)29-21(20(25)28-22)31-38(34,35)18-12-4-5-13-26-18/h4-5,7,9-13,33H,3H2,1-2H3,(H,29,31). The summed E-state index contributed by atoms with van der Waals surface area (Å²) in [5.74, 6) is 0.216. The molecule has 0 spiro atoms. The summed E-state index contributed by atoms with van der Waals surface area (Å²) in [6, 6.07) is 9.10. The number of benzene rings is 1. The zero-order valence-corrected chi connectivity index (χ0v) is 21.4. The molecule has 0 aliphatic carbocycles. The first kappa shape index (κ1) is 25.0. The number of pyridine rings is 1. The van der Waals surface area contributed by atoms with Gasteiger partial charge in [-0.15, -0.1) is 0 Å². The van der Waals surface area contributed by atoms with Crippen molar-refractivity contribution in [3.63, 3.8) is 0 Å². The molecule has 0 radical (unpaired) electrons. The van der Waals surface area contributed by atoms with E-state index in [1.54, 1.807) is 18.2 Å². The zero-order chi connectivity index (χ0) is 26.9. The molecule has 14 heteroatoms. The summed E-state index contributed by atoms with van der Waals surface area (Å²) in [5, 5.41) is 10.3. The number of halogens is 1. The number of rotatable bonds is 7. The number of sulfonamides is 1. The lowest BCUT2D eigenvalue weighted by Gasteiger charge is -2.15. The van der Waals surface area contributed by atoms with Crippen LogP contribution in [0.5, 0.6) is 11.5 Å². The van der Waals surface area contributed by atoms with Crippen molar-refractivity contribution in [1.82, 2.24) is 24.5 Å². The van der Waals surface area contributed by atoms with Crippen molar-refractivity contribution in [2.24, 2.45) is 4.99 Å². The number of nitrogens with one attached hydrogen (secondary N) is 1. The minimum Gasteiger partial charge on any atom is -0.506 e. The van der Waals surface area contributed by atoms with E-state index >= 15 is 0 Å². The fourth-order valence-corrected chi connectivity index (χ4v) is 4.74. The predicted octanol–water partition coefficient (Wildman–Crippen LogP) is 3.48. The number of phenolic OH excluding ortho intramolecular Hbond substituents is 1. The number of imidazole rings is 1. The van der Waals surface area contributed by atoms with E-state index in [0.717, 1.165) is 0 Å². The molecule has 192 valence electrons. The molecule has 5 rings (SSSR count). The van der Waals surface area contributed by atoms with Gasteiger partial charge in [0, 0.05) is 6.20 Å². The summed E-state index contributed by atoms with van der Waals surface area (Å²) >= 11 is 6.31. The highest BCUT2D eigenvalue weighted by atomic mass is 35.5. The Morgan fingerprint density at radius 3 is 2.74 bits per heavy atom. The molecule has 0 unspecified atom stereocenters. The molecule has 2 N–H and O–H groups in total. The summed E-state index contributed by atoms with van der Waals surface area (Å²) in [6.07, 6.45) is 2.85. The van der Waals surface area contributed by atoms with E-state index in [9.17, 15) is 13.5 Å². The highest BCUT2D eigenvalue weighted by molar-refractivity contribution is 7.92. The van der Waals surface area contributed by atoms with Crippen LogP contribution in [0.25, 0.3) is 22.7 Å². The highest BCUT2D eigenvalue weighted by Gasteiger charge is 2.27. The van der Waals surface area contributed by atoms with Gasteiger partial charge in [-0.25, -0.2) is 24.9 Å². The van der Waals surface area contributed by atoms with Crippen LogP contribution in [0.4, 0.5) is 5.82 Å². The molecule has 4 heterocycles. The molecule has 12 nitrogen and oxygen atoms in total. The largest absolute Gasteiger partial charge is 0.506 e. The van der Waals surface area contributed by atoms with Crippen molar-refractivity contribution in [2.45, 2.75) is 11.9 Å². The SMILES string of the molecule is CCOC1=NC(c2nc3nc(Cl)c(NS(=O)(=O)c4ccccn4)nc3n2-c2c(O)cccc2OC)=C=C=C1. The van der Waals surface area contributed by atoms with Crippen LogP contribution < -0.4 is 9.46 Å². The van der Waals surface area contributed by atoms with E-state index in [2.05, 4.69) is 41.1 Å². The van der Waals surface area contributed by atoms with E-state index in [4.69, 9.17) is 21.1 Å². The number of nitrogens with zero attached hydrogens (tertiary/aromatic N) is 6. The summed E-state index contributed by atoms with van der Waals surface area (Å²) in [5.41, 5.74) is 6.11. The van der Waals surface area contributed by atoms with Gasteiger partial charge in [-0.3, -0.25) is 9.29 Å². The highest BCUT2D eigenvalue weighted by Crippen LogP contribution is 2.37. The fraction of sp³-hybridized carbons (Fsp3) is 0.125. The Hall–Kier alpha value is -4.67. The minimum atomic E-state index is -4.15. The van der Waals surface area contributed by atoms with Crippen LogP contribution in [0.3, 0.4) is 0 Å². The molecule has 1 aromatic carbocycles. The Morgan fingerprint density at radius 2 is 2.00 bits per heavy atom. The van der Waals surface area contributed by atoms with Gasteiger partial charge >= 0.3 is 0 Å². The maximum absolute atomic E-state index is 12.9. The van der Waals surface area contributed by atoms with Gasteiger partial charge in [0.05, 0.1) is 19.8 Å². The van der Waals surface area contributed by atoms with Crippen molar-refractivity contribution in [3.05, 3.63) is 71.1 Å². The number of phenols is 1. The molecule has 38 heavy (non-hydrogen) atoms. The monoisotopic (exact) mass is 551 g/mol. The Labute approximate surface area is 221 Å². The van der Waals surface area contributed by atoms with Gasteiger partial charge in [0.1, 0.15) is 17.2 Å². The van der Waals surface area contributed by atoms with Crippen LogP contribution in [0.2, 0.25) is 5.15 Å². The van der Waals surface area contributed by atoms with Crippen LogP contribution >= 0.6 is 11.6 Å². The Kier molecular flexibility index (Phi) is 6.58. The zero-order valence-electron chi connectivity index (χ0n) is 19.9. The second kappa shape index (κ2) is 10.0. The van der Waals surface area contributed by atoms with E-state index < -0.39 is 10.0 Å². The van der Waals surface area contributed by atoms with Gasteiger partial charge in [0.15, 0.2) is 38.8 Å². The first-order valence-corrected chi connectivity index (χ1v) is 12.9. The van der Waals surface area contributed by atoms with Crippen molar-refractivity contribution in [1.29, 1.82) is 0 Å². The smallest absolute Gasteiger partial charge is 0.280 e. The number of aromatic nitrogens is 5. The summed E-state index contributed by atoms with van der Waals surface area (Å²) in [6.45, 7) is 2.18. The second-order valence-electron chi connectivity index (χ2n) is 7.53. The molecule has 1 aliphatic heterocycles. The maximum atomic E-state index is 12.9. The Morgan fingerprint density at radius 1 is 1.16 bits per heavy atom. The number of aromatic hydroxyl groups is 1. The Bertz CT molecular complexity index is 1810. The molecular weight excluding hydrogens is 534 g/mol. The lowest BCUT2D eigenvalue weighted by Crippen LogP contribution is -2.16. The topological polar surface area (TPSA) is 154 Å². The molecule has 0 saturated heterocycles. The van der Waals surface area contributed by atoms with E-state index in [-0.39, 0.29) is 61.9 Å². The average molecular weight is 552 g/mol. The molecular formula is C24H18ClN7O5S. The first-order chi connectivity index (χ1) is 18.3. The molecule has 0 fully saturated rings. The number of hydrogen-bond acceptors (Lipinski definition) is 10. The third kappa shape index (κ3) is 4.58. The van der Waals surface area contributed by atoms with E-state index in [1.165, 1.54) is 42.1 Å². The first-order valence-electron chi connectivity index (χ1n) is 11.0. The van der Waals surface area contributed by atoms with Crippen LogP contribution in [0.1, 0.15) is 12.7 Å². The van der Waals surface area contributed by atoms with Gasteiger partial charge in [-0.05, 0) is 36.9 Å². The van der Waals surface area contributed by atoms with Crippen LogP contribution in [-0.2, 0) is 14.8 Å². The van der Waals surface area contributed by atoms with Gasteiger partial charge in [-0.2, -0.15) is 8.42 Å². The normalized spacial score (nSPS) is 12.8. The molecule has 0 atom stereocenters. The van der Waals surface area contributed by atoms with Gasteiger partial charge in [0.2, 0.25) is 5.90 Å². The number of hydrogen-bond donors (Lipinski definition) is 2. The molecule has 0 bridgehead atoms. The van der Waals surface area contributed by atoms with Crippen molar-refractivity contribution in [3.8, 4) is 17.2 Å². The van der Waals surface area contributed by atoms with Crippen molar-refractivity contribution >= 4 is 50.3 Å². The van der Waals surface area contributed by atoms with Gasteiger partial charge < -0.3 is 14.6 Å². The van der Waals surface area contributed by atoms with Crippen molar-refractivity contribution in [2.75, 3.05) is 18.4 Å². The number of para-hydroxylation sites is 1.